The van der Waals surface area contributed by atoms with Crippen molar-refractivity contribution in [2.75, 3.05) is 17.8 Å². The summed E-state index contributed by atoms with van der Waals surface area (Å²) in [5, 5.41) is 5.19. The molecule has 0 fully saturated rings. The second-order valence-corrected chi connectivity index (χ2v) is 11.7. The van der Waals surface area contributed by atoms with E-state index in [0.29, 0.717) is 23.5 Å². The summed E-state index contributed by atoms with van der Waals surface area (Å²) in [5.41, 5.74) is 3.97. The minimum atomic E-state index is -0.266. The van der Waals surface area contributed by atoms with Gasteiger partial charge in [0.05, 0.1) is 23.6 Å². The number of ketones is 1. The van der Waals surface area contributed by atoms with Gasteiger partial charge in [0, 0.05) is 17.9 Å². The number of rotatable bonds is 19. The highest BCUT2D eigenvalue weighted by Gasteiger charge is 2.19. The molecule has 0 aromatic heterocycles. The molecule has 2 aromatic rings. The van der Waals surface area contributed by atoms with E-state index in [9.17, 15) is 9.59 Å². The maximum Gasteiger partial charge on any atom is 0.259 e. The predicted molar refractivity (Wildman–Crippen MR) is 169 cm³/mol. The van der Waals surface area contributed by atoms with Gasteiger partial charge < -0.3 is 15.0 Å². The number of hydrogen-bond acceptors (Lipinski definition) is 5. The first-order valence-electron chi connectivity index (χ1n) is 15.2. The fourth-order valence-electron chi connectivity index (χ4n) is 5.03. The third kappa shape index (κ3) is 10.7. The Morgan fingerprint density at radius 3 is 2.12 bits per heavy atom. The van der Waals surface area contributed by atoms with E-state index in [1.807, 2.05) is 18.2 Å². The number of amides is 1. The first kappa shape index (κ1) is 31.8. The molecular weight excluding hydrogens is 516 g/mol. The molecule has 2 aromatic carbocycles. The van der Waals surface area contributed by atoms with E-state index in [0.717, 1.165) is 36.5 Å². The van der Waals surface area contributed by atoms with Gasteiger partial charge in [0.2, 0.25) is 0 Å². The number of ether oxygens (including phenoxy) is 1. The smallest absolute Gasteiger partial charge is 0.259 e. The second kappa shape index (κ2) is 17.9. The summed E-state index contributed by atoms with van der Waals surface area (Å²) in [6.07, 6.45) is 15.3. The summed E-state index contributed by atoms with van der Waals surface area (Å²) in [4.78, 5) is 28.0. The van der Waals surface area contributed by atoms with Crippen molar-refractivity contribution in [1.29, 1.82) is 0 Å². The minimum absolute atomic E-state index is 0.103. The van der Waals surface area contributed by atoms with E-state index in [-0.39, 0.29) is 11.7 Å². The van der Waals surface area contributed by atoms with E-state index < -0.39 is 0 Å². The number of anilines is 1. The molecule has 6 heteroatoms. The van der Waals surface area contributed by atoms with E-state index in [1.165, 1.54) is 76.8 Å². The lowest BCUT2D eigenvalue weighted by Gasteiger charge is -2.19. The summed E-state index contributed by atoms with van der Waals surface area (Å²) in [6.45, 7) is 7.19. The fraction of sp³-hybridized carbons (Fsp3) is 0.529. The molecule has 0 aliphatic carbocycles. The van der Waals surface area contributed by atoms with Gasteiger partial charge in [-0.25, -0.2) is 0 Å². The van der Waals surface area contributed by atoms with Crippen LogP contribution in [0.1, 0.15) is 124 Å². The van der Waals surface area contributed by atoms with Gasteiger partial charge in [-0.15, -0.1) is 11.8 Å². The number of unbranched alkanes of at least 4 members (excludes halogenated alkanes) is 11. The molecule has 0 atom stereocenters. The van der Waals surface area contributed by atoms with Crippen molar-refractivity contribution in [3.05, 3.63) is 70.3 Å². The third-order valence-electron chi connectivity index (χ3n) is 7.42. The number of nitrogens with one attached hydrogen (secondary N) is 1. The van der Waals surface area contributed by atoms with Crippen molar-refractivity contribution in [2.24, 2.45) is 0 Å². The molecular formula is C34H48N2O3S. The van der Waals surface area contributed by atoms with Crippen molar-refractivity contribution >= 4 is 29.1 Å². The van der Waals surface area contributed by atoms with Gasteiger partial charge in [0.25, 0.3) is 5.91 Å². The van der Waals surface area contributed by atoms with Crippen LogP contribution in [0.15, 0.2) is 53.6 Å². The quantitative estimate of drug-likeness (QED) is 0.136. The van der Waals surface area contributed by atoms with Gasteiger partial charge in [-0.2, -0.15) is 0 Å². The zero-order valence-corrected chi connectivity index (χ0v) is 25.6. The van der Waals surface area contributed by atoms with E-state index in [1.54, 1.807) is 30.0 Å². The molecule has 1 aliphatic rings. The van der Waals surface area contributed by atoms with Gasteiger partial charge in [0.1, 0.15) is 5.75 Å². The molecule has 0 unspecified atom stereocenters. The Hall–Kier alpha value is -2.73. The molecule has 40 heavy (non-hydrogen) atoms. The van der Waals surface area contributed by atoms with E-state index in [4.69, 9.17) is 4.74 Å². The van der Waals surface area contributed by atoms with Crippen molar-refractivity contribution < 1.29 is 14.3 Å². The van der Waals surface area contributed by atoms with Crippen LogP contribution in [0.25, 0.3) is 0 Å². The van der Waals surface area contributed by atoms with Crippen LogP contribution >= 0.6 is 11.8 Å². The zero-order valence-electron chi connectivity index (χ0n) is 24.8. The highest BCUT2D eigenvalue weighted by molar-refractivity contribution is 8.02. The van der Waals surface area contributed by atoms with Gasteiger partial charge >= 0.3 is 0 Å². The van der Waals surface area contributed by atoms with Crippen LogP contribution in [0.3, 0.4) is 0 Å². The highest BCUT2D eigenvalue weighted by atomic mass is 32.2. The summed E-state index contributed by atoms with van der Waals surface area (Å²) in [6, 6.07) is 13.2. The Bertz CT molecular complexity index is 1110. The maximum absolute atomic E-state index is 13.3. The molecule has 1 heterocycles. The first-order chi connectivity index (χ1) is 19.5. The molecule has 0 radical (unpaired) electrons. The number of thioether (sulfide) groups is 1. The van der Waals surface area contributed by atoms with Crippen LogP contribution in [-0.2, 0) is 6.54 Å². The molecule has 5 nitrogen and oxygen atoms in total. The van der Waals surface area contributed by atoms with Gasteiger partial charge in [-0.3, -0.25) is 9.59 Å². The molecule has 1 N–H and O–H groups in total. The summed E-state index contributed by atoms with van der Waals surface area (Å²) in [7, 11) is 0. The lowest BCUT2D eigenvalue weighted by molar-refractivity contribution is 0.101. The third-order valence-corrected chi connectivity index (χ3v) is 8.39. The Balaban J connectivity index is 1.48. The largest absolute Gasteiger partial charge is 0.492 e. The monoisotopic (exact) mass is 564 g/mol. The lowest BCUT2D eigenvalue weighted by atomic mass is 10.0. The van der Waals surface area contributed by atoms with Gasteiger partial charge in [-0.1, -0.05) is 95.8 Å². The van der Waals surface area contributed by atoms with Gasteiger partial charge in [-0.05, 0) is 55.5 Å². The molecule has 0 saturated carbocycles. The van der Waals surface area contributed by atoms with Crippen LogP contribution in [0.2, 0.25) is 0 Å². The molecule has 3 rings (SSSR count). The Morgan fingerprint density at radius 1 is 0.875 bits per heavy atom. The van der Waals surface area contributed by atoms with Gasteiger partial charge in [0.15, 0.2) is 5.78 Å². The second-order valence-electron chi connectivity index (χ2n) is 10.9. The molecule has 0 saturated heterocycles. The summed E-state index contributed by atoms with van der Waals surface area (Å²) < 4.78 is 6.11. The number of benzene rings is 2. The molecule has 0 spiro atoms. The number of nitrogens with zero attached hydrogens (tertiary/aromatic N) is 1. The molecule has 218 valence electrons. The Kier molecular flexibility index (Phi) is 14.2. The minimum Gasteiger partial charge on any atom is -0.492 e. The van der Waals surface area contributed by atoms with Crippen molar-refractivity contribution in [2.45, 2.75) is 104 Å². The zero-order chi connectivity index (χ0) is 28.6. The van der Waals surface area contributed by atoms with Crippen molar-refractivity contribution in [1.82, 2.24) is 4.90 Å². The highest BCUT2D eigenvalue weighted by Crippen LogP contribution is 2.28. The summed E-state index contributed by atoms with van der Waals surface area (Å²) in [5.74, 6) is 0.966. The number of allylic oxidation sites excluding steroid dienone is 1. The topological polar surface area (TPSA) is 58.6 Å². The Labute approximate surface area is 246 Å². The van der Waals surface area contributed by atoms with Crippen LogP contribution in [-0.4, -0.2) is 29.1 Å². The predicted octanol–water partition coefficient (Wildman–Crippen LogP) is 9.59. The average molecular weight is 565 g/mol. The van der Waals surface area contributed by atoms with E-state index in [2.05, 4.69) is 35.5 Å². The lowest BCUT2D eigenvalue weighted by Crippen LogP contribution is -2.18. The number of Topliss-reactive ketones (excluding diaryl/α,β-unsaturated/α-hetero) is 1. The first-order valence-corrected chi connectivity index (χ1v) is 16.2. The van der Waals surface area contributed by atoms with E-state index >= 15 is 0 Å². The molecule has 1 amide bonds. The summed E-state index contributed by atoms with van der Waals surface area (Å²) >= 11 is 1.80. The van der Waals surface area contributed by atoms with Crippen LogP contribution < -0.4 is 10.1 Å². The standard InChI is InChI=1S/C34H48N2O3S/c1-4-5-6-7-8-9-10-11-12-13-14-15-22-39-33-31(28(3)37)20-17-21-32(33)34(38)35-30-19-16-18-29(23-30)24-36-26-40-25-27(36)2/h16-21,23,25H,4-15,22,24,26H2,1-3H3,(H,35,38). The fourth-order valence-corrected chi connectivity index (χ4v) is 5.97. The number of para-hydroxylation sites is 1. The van der Waals surface area contributed by atoms with Crippen molar-refractivity contribution in [3.8, 4) is 5.75 Å². The normalized spacial score (nSPS) is 12.9. The van der Waals surface area contributed by atoms with Crippen LogP contribution in [0, 0.1) is 0 Å². The number of hydrogen-bond donors (Lipinski definition) is 1. The maximum atomic E-state index is 13.3. The van der Waals surface area contributed by atoms with Crippen LogP contribution in [0.5, 0.6) is 5.75 Å². The Morgan fingerprint density at radius 2 is 1.50 bits per heavy atom. The average Bonchev–Trinajstić information content (AvgIpc) is 3.35. The molecule has 0 bridgehead atoms. The van der Waals surface area contributed by atoms with Crippen LogP contribution in [0.4, 0.5) is 5.69 Å². The number of carbonyl (C=O) groups is 2. The van der Waals surface area contributed by atoms with Crippen molar-refractivity contribution in [3.63, 3.8) is 0 Å². The molecule has 1 aliphatic heterocycles. The SMILES string of the molecule is CCCCCCCCCCCCCCOc1c(C(C)=O)cccc1C(=O)Nc1cccc(CN2CSC=C2C)c1. The number of carbonyl (C=O) groups excluding carboxylic acids is 2.